The van der Waals surface area contributed by atoms with Crippen LogP contribution in [-0.2, 0) is 0 Å². The van der Waals surface area contributed by atoms with E-state index in [1.807, 2.05) is 0 Å². The van der Waals surface area contributed by atoms with Gasteiger partial charge in [0.25, 0.3) is 0 Å². The number of carbonyl (C=O) groups is 1. The van der Waals surface area contributed by atoms with Crippen LogP contribution in [0.1, 0.15) is 15.9 Å². The standard InChI is InChI=1S/C18H15BrO5/c1-22-17-8-11(13(19)10-15(17)21)2-4-14(20)12-3-5-16-18(9-12)24-7-6-23-16/h2-5,8-10,21H,6-7H2,1H3/b4-2+. The highest BCUT2D eigenvalue weighted by Gasteiger charge is 2.14. The first-order valence-electron chi connectivity index (χ1n) is 7.27. The van der Waals surface area contributed by atoms with Crippen LogP contribution >= 0.6 is 15.9 Å². The number of aromatic hydroxyl groups is 1. The minimum Gasteiger partial charge on any atom is -0.504 e. The van der Waals surface area contributed by atoms with Crippen LogP contribution < -0.4 is 14.2 Å². The summed E-state index contributed by atoms with van der Waals surface area (Å²) in [7, 11) is 1.47. The Balaban J connectivity index is 1.83. The lowest BCUT2D eigenvalue weighted by molar-refractivity contribution is 0.104. The lowest BCUT2D eigenvalue weighted by Crippen LogP contribution is -2.15. The normalized spacial score (nSPS) is 13.1. The summed E-state index contributed by atoms with van der Waals surface area (Å²) < 4.78 is 16.7. The molecule has 1 aliphatic rings. The summed E-state index contributed by atoms with van der Waals surface area (Å²) in [5.74, 6) is 1.43. The topological polar surface area (TPSA) is 65.0 Å². The number of carbonyl (C=O) groups excluding carboxylic acids is 1. The van der Waals surface area contributed by atoms with Crippen molar-refractivity contribution < 1.29 is 24.1 Å². The average molecular weight is 391 g/mol. The van der Waals surface area contributed by atoms with Gasteiger partial charge in [-0.05, 0) is 48.0 Å². The number of ether oxygens (including phenoxy) is 3. The molecule has 0 saturated carbocycles. The Bertz CT molecular complexity index is 813. The number of phenolic OH excluding ortho intramolecular Hbond substituents is 1. The van der Waals surface area contributed by atoms with Gasteiger partial charge in [-0.3, -0.25) is 4.79 Å². The average Bonchev–Trinajstić information content (AvgIpc) is 2.60. The van der Waals surface area contributed by atoms with Crippen molar-refractivity contribution in [2.24, 2.45) is 0 Å². The summed E-state index contributed by atoms with van der Waals surface area (Å²) in [6, 6.07) is 8.27. The van der Waals surface area contributed by atoms with E-state index >= 15 is 0 Å². The molecule has 0 aliphatic carbocycles. The second-order valence-corrected chi connectivity index (χ2v) is 5.96. The van der Waals surface area contributed by atoms with Crippen molar-refractivity contribution in [3.8, 4) is 23.0 Å². The molecule has 0 amide bonds. The van der Waals surface area contributed by atoms with E-state index in [1.54, 1.807) is 30.3 Å². The van der Waals surface area contributed by atoms with E-state index in [0.29, 0.717) is 40.5 Å². The van der Waals surface area contributed by atoms with Crippen molar-refractivity contribution in [1.82, 2.24) is 0 Å². The molecule has 2 aromatic carbocycles. The molecule has 6 heteroatoms. The Morgan fingerprint density at radius 3 is 2.71 bits per heavy atom. The van der Waals surface area contributed by atoms with Gasteiger partial charge < -0.3 is 19.3 Å². The molecule has 1 N–H and O–H groups in total. The number of hydrogen-bond donors (Lipinski definition) is 1. The van der Waals surface area contributed by atoms with Crippen LogP contribution in [-0.4, -0.2) is 31.2 Å². The van der Waals surface area contributed by atoms with E-state index < -0.39 is 0 Å². The molecule has 0 spiro atoms. The number of phenols is 1. The molecule has 24 heavy (non-hydrogen) atoms. The molecule has 0 bridgehead atoms. The molecule has 5 nitrogen and oxygen atoms in total. The minimum atomic E-state index is -0.161. The molecule has 1 aliphatic heterocycles. The molecule has 124 valence electrons. The zero-order valence-corrected chi connectivity index (χ0v) is 14.5. The maximum absolute atomic E-state index is 12.4. The number of allylic oxidation sites excluding steroid dienone is 1. The maximum Gasteiger partial charge on any atom is 0.185 e. The van der Waals surface area contributed by atoms with Gasteiger partial charge in [-0.1, -0.05) is 15.9 Å². The molecular formula is C18H15BrO5. The first-order chi connectivity index (χ1) is 11.6. The van der Waals surface area contributed by atoms with Crippen LogP contribution in [0.2, 0.25) is 0 Å². The summed E-state index contributed by atoms with van der Waals surface area (Å²) in [4.78, 5) is 12.4. The molecule has 0 fully saturated rings. The predicted molar refractivity (Wildman–Crippen MR) is 93.2 cm³/mol. The molecule has 1 heterocycles. The third-order valence-electron chi connectivity index (χ3n) is 3.54. The summed E-state index contributed by atoms with van der Waals surface area (Å²) in [5, 5.41) is 9.71. The van der Waals surface area contributed by atoms with Gasteiger partial charge in [0.15, 0.2) is 28.8 Å². The highest BCUT2D eigenvalue weighted by atomic mass is 79.9. The first-order valence-corrected chi connectivity index (χ1v) is 8.06. The van der Waals surface area contributed by atoms with Crippen LogP contribution in [0, 0.1) is 0 Å². The zero-order chi connectivity index (χ0) is 17.1. The highest BCUT2D eigenvalue weighted by molar-refractivity contribution is 9.10. The second-order valence-electron chi connectivity index (χ2n) is 5.10. The van der Waals surface area contributed by atoms with Gasteiger partial charge in [0.1, 0.15) is 13.2 Å². The van der Waals surface area contributed by atoms with Gasteiger partial charge in [-0.15, -0.1) is 0 Å². The van der Waals surface area contributed by atoms with Crippen molar-refractivity contribution in [1.29, 1.82) is 0 Å². The summed E-state index contributed by atoms with van der Waals surface area (Å²) >= 11 is 3.35. The van der Waals surface area contributed by atoms with Crippen LogP contribution in [0.15, 0.2) is 40.9 Å². The summed E-state index contributed by atoms with van der Waals surface area (Å²) in [5.41, 5.74) is 1.23. The van der Waals surface area contributed by atoms with Crippen molar-refractivity contribution >= 4 is 27.8 Å². The van der Waals surface area contributed by atoms with E-state index in [2.05, 4.69) is 15.9 Å². The van der Waals surface area contributed by atoms with Crippen LogP contribution in [0.3, 0.4) is 0 Å². The summed E-state index contributed by atoms with van der Waals surface area (Å²) in [6.45, 7) is 0.984. The van der Waals surface area contributed by atoms with Gasteiger partial charge in [0, 0.05) is 10.0 Å². The Labute approximate surface area is 147 Å². The van der Waals surface area contributed by atoms with Crippen molar-refractivity contribution in [3.63, 3.8) is 0 Å². The van der Waals surface area contributed by atoms with Crippen LogP contribution in [0.5, 0.6) is 23.0 Å². The van der Waals surface area contributed by atoms with E-state index in [1.165, 1.54) is 19.3 Å². The molecule has 0 atom stereocenters. The number of halogens is 1. The molecule has 0 saturated heterocycles. The van der Waals surface area contributed by atoms with Crippen LogP contribution in [0.4, 0.5) is 0 Å². The number of fused-ring (bicyclic) bond motifs is 1. The number of ketones is 1. The Morgan fingerprint density at radius 2 is 1.96 bits per heavy atom. The fourth-order valence-electron chi connectivity index (χ4n) is 2.31. The molecule has 2 aromatic rings. The quantitative estimate of drug-likeness (QED) is 0.634. The molecular weight excluding hydrogens is 376 g/mol. The predicted octanol–water partition coefficient (Wildman–Crippen LogP) is 3.83. The largest absolute Gasteiger partial charge is 0.504 e. The lowest BCUT2D eigenvalue weighted by atomic mass is 10.1. The number of methoxy groups -OCH3 is 1. The Morgan fingerprint density at radius 1 is 1.21 bits per heavy atom. The molecule has 0 aromatic heterocycles. The first kappa shape index (κ1) is 16.4. The van der Waals surface area contributed by atoms with E-state index in [0.717, 1.165) is 5.56 Å². The van der Waals surface area contributed by atoms with Gasteiger partial charge in [0.2, 0.25) is 0 Å². The van der Waals surface area contributed by atoms with E-state index in [4.69, 9.17) is 14.2 Å². The van der Waals surface area contributed by atoms with Gasteiger partial charge in [0.05, 0.1) is 7.11 Å². The van der Waals surface area contributed by atoms with Crippen molar-refractivity contribution in [3.05, 3.63) is 52.0 Å². The Kier molecular flexibility index (Phi) is 4.76. The Hall–Kier alpha value is -2.47. The fraction of sp³-hybridized carbons (Fsp3) is 0.167. The highest BCUT2D eigenvalue weighted by Crippen LogP contribution is 2.33. The van der Waals surface area contributed by atoms with Crippen molar-refractivity contribution in [2.75, 3.05) is 20.3 Å². The lowest BCUT2D eigenvalue weighted by Gasteiger charge is -2.18. The van der Waals surface area contributed by atoms with Gasteiger partial charge in [-0.2, -0.15) is 0 Å². The third-order valence-corrected chi connectivity index (χ3v) is 4.23. The van der Waals surface area contributed by atoms with Crippen molar-refractivity contribution in [2.45, 2.75) is 0 Å². The molecule has 0 radical (unpaired) electrons. The summed E-state index contributed by atoms with van der Waals surface area (Å²) in [6.07, 6.45) is 3.12. The number of hydrogen-bond acceptors (Lipinski definition) is 5. The van der Waals surface area contributed by atoms with E-state index in [-0.39, 0.29) is 11.5 Å². The molecule has 3 rings (SSSR count). The zero-order valence-electron chi connectivity index (χ0n) is 12.9. The van der Waals surface area contributed by atoms with E-state index in [9.17, 15) is 9.90 Å². The minimum absolute atomic E-state index is 0.0275. The van der Waals surface area contributed by atoms with Gasteiger partial charge in [-0.25, -0.2) is 0 Å². The fourth-order valence-corrected chi connectivity index (χ4v) is 2.77. The van der Waals surface area contributed by atoms with Gasteiger partial charge >= 0.3 is 0 Å². The number of rotatable bonds is 4. The number of benzene rings is 2. The van der Waals surface area contributed by atoms with Crippen LogP contribution in [0.25, 0.3) is 6.08 Å². The molecule has 0 unspecified atom stereocenters. The maximum atomic E-state index is 12.4. The third kappa shape index (κ3) is 3.38. The SMILES string of the molecule is COc1cc(/C=C/C(=O)c2ccc3c(c2)OCCO3)c(Br)cc1O. The monoisotopic (exact) mass is 390 g/mol. The smallest absolute Gasteiger partial charge is 0.185 e. The second kappa shape index (κ2) is 6.97.